The largest absolute Gasteiger partial charge is 0.358 e. The van der Waals surface area contributed by atoms with Crippen LogP contribution in [0.3, 0.4) is 0 Å². The topological polar surface area (TPSA) is 15.8 Å². The molecule has 0 aliphatic carbocycles. The summed E-state index contributed by atoms with van der Waals surface area (Å²) in [6.07, 6.45) is 2.43. The lowest BCUT2D eigenvalue weighted by Gasteiger charge is -2.20. The van der Waals surface area contributed by atoms with Gasteiger partial charge < -0.3 is 4.98 Å². The molecule has 0 fully saturated rings. The van der Waals surface area contributed by atoms with Crippen molar-refractivity contribution in [2.45, 2.75) is 52.9 Å². The van der Waals surface area contributed by atoms with Gasteiger partial charge in [-0.15, -0.1) is 0 Å². The van der Waals surface area contributed by atoms with Gasteiger partial charge in [0, 0.05) is 22.0 Å². The summed E-state index contributed by atoms with van der Waals surface area (Å²) in [5.41, 5.74) is 4.39. The van der Waals surface area contributed by atoms with E-state index in [1.165, 1.54) is 35.0 Å². The summed E-state index contributed by atoms with van der Waals surface area (Å²) < 4.78 is 0. The molecule has 0 amide bonds. The molecular formula is C17H25N. The smallest absolute Gasteiger partial charge is 0.0459 e. The van der Waals surface area contributed by atoms with Crippen molar-refractivity contribution in [2.75, 3.05) is 0 Å². The van der Waals surface area contributed by atoms with E-state index in [0.29, 0.717) is 0 Å². The molecule has 18 heavy (non-hydrogen) atoms. The fraction of sp³-hybridized carbons (Fsp3) is 0.529. The molecule has 0 spiro atoms. The highest BCUT2D eigenvalue weighted by Gasteiger charge is 2.22. The number of fused-ring (bicyclic) bond motifs is 1. The number of aromatic nitrogens is 1. The molecule has 2 aromatic rings. The molecule has 0 saturated heterocycles. The van der Waals surface area contributed by atoms with E-state index in [-0.39, 0.29) is 5.41 Å². The van der Waals surface area contributed by atoms with Gasteiger partial charge in [0.1, 0.15) is 0 Å². The van der Waals surface area contributed by atoms with Gasteiger partial charge in [-0.1, -0.05) is 52.8 Å². The summed E-state index contributed by atoms with van der Waals surface area (Å²) in [7, 11) is 0. The maximum Gasteiger partial charge on any atom is 0.0459 e. The lowest BCUT2D eigenvalue weighted by molar-refractivity contribution is 0.549. The molecule has 2 rings (SSSR count). The van der Waals surface area contributed by atoms with Gasteiger partial charge in [0.15, 0.2) is 0 Å². The minimum Gasteiger partial charge on any atom is -0.358 e. The van der Waals surface area contributed by atoms with Crippen molar-refractivity contribution < 1.29 is 0 Å². The van der Waals surface area contributed by atoms with Gasteiger partial charge >= 0.3 is 0 Å². The highest BCUT2D eigenvalue weighted by molar-refractivity contribution is 5.85. The third kappa shape index (κ3) is 2.60. The van der Waals surface area contributed by atoms with E-state index < -0.39 is 0 Å². The number of para-hydroxylation sites is 1. The molecule has 1 aromatic carbocycles. The second-order valence-corrected chi connectivity index (χ2v) is 6.71. The Morgan fingerprint density at radius 2 is 1.78 bits per heavy atom. The van der Waals surface area contributed by atoms with Crippen molar-refractivity contribution in [1.82, 2.24) is 4.98 Å². The van der Waals surface area contributed by atoms with Crippen LogP contribution in [0.15, 0.2) is 24.3 Å². The number of rotatable bonds is 3. The van der Waals surface area contributed by atoms with Crippen LogP contribution in [0.4, 0.5) is 0 Å². The van der Waals surface area contributed by atoms with Crippen LogP contribution in [0, 0.1) is 5.92 Å². The van der Waals surface area contributed by atoms with Crippen molar-refractivity contribution in [3.8, 4) is 0 Å². The van der Waals surface area contributed by atoms with Crippen LogP contribution in [0.1, 0.15) is 52.3 Å². The first-order chi connectivity index (χ1) is 8.39. The van der Waals surface area contributed by atoms with Crippen molar-refractivity contribution in [3.63, 3.8) is 0 Å². The van der Waals surface area contributed by atoms with Crippen LogP contribution >= 0.6 is 0 Å². The number of hydrogen-bond donors (Lipinski definition) is 1. The zero-order valence-electron chi connectivity index (χ0n) is 12.3. The SMILES string of the molecule is CC(C)CCc1c(C(C)(C)C)[nH]c2ccccc12. The van der Waals surface area contributed by atoms with Gasteiger partial charge in [-0.05, 0) is 30.4 Å². The Bertz CT molecular complexity index is 526. The number of hydrogen-bond acceptors (Lipinski definition) is 0. The Balaban J connectivity index is 2.51. The number of aromatic amines is 1. The van der Waals surface area contributed by atoms with Crippen LogP contribution in [-0.4, -0.2) is 4.98 Å². The molecule has 0 saturated carbocycles. The highest BCUT2D eigenvalue weighted by atomic mass is 14.7. The third-order valence-corrected chi connectivity index (χ3v) is 3.54. The first kappa shape index (κ1) is 13.2. The first-order valence-corrected chi connectivity index (χ1v) is 6.99. The second-order valence-electron chi connectivity index (χ2n) is 6.71. The van der Waals surface area contributed by atoms with E-state index in [1.807, 2.05) is 0 Å². The van der Waals surface area contributed by atoms with Gasteiger partial charge in [0.25, 0.3) is 0 Å². The van der Waals surface area contributed by atoms with Gasteiger partial charge in [-0.2, -0.15) is 0 Å². The molecule has 1 aromatic heterocycles. The summed E-state index contributed by atoms with van der Waals surface area (Å²) in [6, 6.07) is 8.68. The average Bonchev–Trinajstić information content (AvgIpc) is 2.64. The lowest BCUT2D eigenvalue weighted by Crippen LogP contribution is -2.14. The molecule has 0 radical (unpaired) electrons. The summed E-state index contributed by atoms with van der Waals surface area (Å²) in [6.45, 7) is 11.5. The Morgan fingerprint density at radius 1 is 1.11 bits per heavy atom. The fourth-order valence-electron chi connectivity index (χ4n) is 2.53. The molecule has 0 unspecified atom stereocenters. The zero-order valence-corrected chi connectivity index (χ0v) is 12.3. The van der Waals surface area contributed by atoms with Crippen molar-refractivity contribution in [3.05, 3.63) is 35.5 Å². The molecule has 0 aliphatic heterocycles. The molecular weight excluding hydrogens is 218 g/mol. The maximum absolute atomic E-state index is 3.63. The van der Waals surface area contributed by atoms with Crippen LogP contribution in [0.5, 0.6) is 0 Å². The summed E-state index contributed by atoms with van der Waals surface area (Å²) in [5.74, 6) is 0.756. The minimum atomic E-state index is 0.186. The van der Waals surface area contributed by atoms with Crippen LogP contribution in [-0.2, 0) is 11.8 Å². The molecule has 1 N–H and O–H groups in total. The fourth-order valence-corrected chi connectivity index (χ4v) is 2.53. The van der Waals surface area contributed by atoms with Crippen LogP contribution in [0.25, 0.3) is 10.9 Å². The Morgan fingerprint density at radius 3 is 2.39 bits per heavy atom. The zero-order chi connectivity index (χ0) is 13.3. The Kier molecular flexibility index (Phi) is 3.52. The average molecular weight is 243 g/mol. The van der Waals surface area contributed by atoms with Crippen LogP contribution in [0.2, 0.25) is 0 Å². The highest BCUT2D eigenvalue weighted by Crippen LogP contribution is 2.32. The summed E-state index contributed by atoms with van der Waals surface area (Å²) in [5, 5.41) is 1.41. The molecule has 0 bridgehead atoms. The van der Waals surface area contributed by atoms with Crippen molar-refractivity contribution in [2.24, 2.45) is 5.92 Å². The predicted octanol–water partition coefficient (Wildman–Crippen LogP) is 5.05. The first-order valence-electron chi connectivity index (χ1n) is 6.99. The number of H-pyrrole nitrogens is 1. The molecule has 1 heteroatoms. The van der Waals surface area contributed by atoms with E-state index in [0.717, 1.165) is 5.92 Å². The molecule has 0 atom stereocenters. The lowest BCUT2D eigenvalue weighted by atomic mass is 9.87. The number of benzene rings is 1. The summed E-state index contributed by atoms with van der Waals surface area (Å²) >= 11 is 0. The minimum absolute atomic E-state index is 0.186. The van der Waals surface area contributed by atoms with Crippen molar-refractivity contribution >= 4 is 10.9 Å². The van der Waals surface area contributed by atoms with E-state index >= 15 is 0 Å². The Hall–Kier alpha value is -1.24. The van der Waals surface area contributed by atoms with Gasteiger partial charge in [0.05, 0.1) is 0 Å². The van der Waals surface area contributed by atoms with E-state index in [2.05, 4.69) is 63.9 Å². The van der Waals surface area contributed by atoms with Crippen LogP contribution < -0.4 is 0 Å². The summed E-state index contributed by atoms with van der Waals surface area (Å²) in [4.78, 5) is 3.63. The Labute approximate surface area is 111 Å². The number of aryl methyl sites for hydroxylation is 1. The molecule has 1 heterocycles. The van der Waals surface area contributed by atoms with Gasteiger partial charge in [-0.25, -0.2) is 0 Å². The van der Waals surface area contributed by atoms with E-state index in [1.54, 1.807) is 0 Å². The second kappa shape index (κ2) is 4.79. The predicted molar refractivity (Wildman–Crippen MR) is 80.2 cm³/mol. The van der Waals surface area contributed by atoms with E-state index in [4.69, 9.17) is 0 Å². The molecule has 98 valence electrons. The monoisotopic (exact) mass is 243 g/mol. The maximum atomic E-state index is 3.63. The van der Waals surface area contributed by atoms with Gasteiger partial charge in [-0.3, -0.25) is 0 Å². The number of nitrogens with one attached hydrogen (secondary N) is 1. The normalized spacial score (nSPS) is 12.6. The van der Waals surface area contributed by atoms with Gasteiger partial charge in [0.2, 0.25) is 0 Å². The quantitative estimate of drug-likeness (QED) is 0.776. The third-order valence-electron chi connectivity index (χ3n) is 3.54. The molecule has 1 nitrogen and oxygen atoms in total. The van der Waals surface area contributed by atoms with Crippen molar-refractivity contribution in [1.29, 1.82) is 0 Å². The molecule has 0 aliphatic rings. The van der Waals surface area contributed by atoms with E-state index in [9.17, 15) is 0 Å². The standard InChI is InChI=1S/C17H25N/c1-12(2)10-11-14-13-8-6-7-9-15(13)18-16(14)17(3,4)5/h6-9,12,18H,10-11H2,1-5H3.